The van der Waals surface area contributed by atoms with Crippen molar-refractivity contribution in [3.05, 3.63) is 52.1 Å². The number of aliphatic hydroxyl groups is 4. The number of aryl methyl sites for hydroxylation is 1. The maximum absolute atomic E-state index is 13.2. The van der Waals surface area contributed by atoms with E-state index in [9.17, 15) is 40.2 Å². The van der Waals surface area contributed by atoms with Gasteiger partial charge in [0.2, 0.25) is 12.1 Å². The Morgan fingerprint density at radius 3 is 2.26 bits per heavy atom. The summed E-state index contributed by atoms with van der Waals surface area (Å²) in [5.74, 6) is -2.53. The molecule has 1 fully saturated rings. The fourth-order valence-corrected chi connectivity index (χ4v) is 3.85. The Balaban J connectivity index is 1.79. The first-order valence-corrected chi connectivity index (χ1v) is 9.41. The van der Waals surface area contributed by atoms with E-state index in [1.54, 1.807) is 6.92 Å². The number of hydrogen-bond acceptors (Lipinski definition) is 10. The van der Waals surface area contributed by atoms with E-state index < -0.39 is 60.4 Å². The van der Waals surface area contributed by atoms with Crippen LogP contribution >= 0.6 is 0 Å². The van der Waals surface area contributed by atoms with Crippen LogP contribution in [0.3, 0.4) is 0 Å². The van der Waals surface area contributed by atoms with E-state index in [-0.39, 0.29) is 28.0 Å². The van der Waals surface area contributed by atoms with Crippen LogP contribution in [0.4, 0.5) is 0 Å². The van der Waals surface area contributed by atoms with Gasteiger partial charge in [-0.25, -0.2) is 0 Å². The molecule has 6 N–H and O–H groups in total. The number of phenols is 2. The molecule has 0 spiro atoms. The van der Waals surface area contributed by atoms with Crippen LogP contribution in [0, 0.1) is 6.92 Å². The molecule has 0 radical (unpaired) electrons. The Morgan fingerprint density at radius 2 is 1.58 bits per heavy atom. The van der Waals surface area contributed by atoms with Gasteiger partial charge in [-0.2, -0.15) is 0 Å². The highest BCUT2D eigenvalue weighted by atomic mass is 16.7. The molecule has 31 heavy (non-hydrogen) atoms. The van der Waals surface area contributed by atoms with E-state index in [1.165, 1.54) is 12.1 Å². The second kappa shape index (κ2) is 7.59. The zero-order chi connectivity index (χ0) is 22.6. The highest BCUT2D eigenvalue weighted by molar-refractivity contribution is 6.30. The fourth-order valence-electron chi connectivity index (χ4n) is 3.85. The van der Waals surface area contributed by atoms with Gasteiger partial charge in [0.05, 0.1) is 17.7 Å². The van der Waals surface area contributed by atoms with Crippen LogP contribution in [0.1, 0.15) is 37.4 Å². The normalized spacial score (nSPS) is 27.6. The highest BCUT2D eigenvalue weighted by Crippen LogP contribution is 2.40. The highest BCUT2D eigenvalue weighted by Gasteiger charge is 2.45. The van der Waals surface area contributed by atoms with Gasteiger partial charge in [-0.15, -0.1) is 0 Å². The van der Waals surface area contributed by atoms with E-state index >= 15 is 0 Å². The zero-order valence-corrected chi connectivity index (χ0v) is 16.2. The SMILES string of the molecule is Cc1cc(O)c2c(c1)C(=O)c1cc(O)cc(O[C@@H]3O[C@@H](CO)[C@H](O)[C@@H](O)[C@@H]3O)c1C2=O. The van der Waals surface area contributed by atoms with E-state index in [1.807, 2.05) is 0 Å². The van der Waals surface area contributed by atoms with Crippen molar-refractivity contribution in [2.75, 3.05) is 6.61 Å². The number of hydrogen-bond donors (Lipinski definition) is 6. The second-order valence-corrected chi connectivity index (χ2v) is 7.55. The van der Waals surface area contributed by atoms with Crippen LogP contribution in [0.15, 0.2) is 24.3 Å². The summed E-state index contributed by atoms with van der Waals surface area (Å²) in [7, 11) is 0. The number of ketones is 2. The maximum Gasteiger partial charge on any atom is 0.229 e. The van der Waals surface area contributed by atoms with Crippen LogP contribution < -0.4 is 4.74 Å². The van der Waals surface area contributed by atoms with Gasteiger partial charge in [-0.05, 0) is 30.7 Å². The lowest BCUT2D eigenvalue weighted by Crippen LogP contribution is -2.60. The molecule has 0 aromatic heterocycles. The van der Waals surface area contributed by atoms with Crippen molar-refractivity contribution in [1.82, 2.24) is 0 Å². The van der Waals surface area contributed by atoms with Crippen LogP contribution in [0.5, 0.6) is 17.2 Å². The van der Waals surface area contributed by atoms with E-state index in [4.69, 9.17) is 9.47 Å². The van der Waals surface area contributed by atoms with Gasteiger partial charge < -0.3 is 40.1 Å². The van der Waals surface area contributed by atoms with Gasteiger partial charge in [0.25, 0.3) is 0 Å². The molecule has 4 rings (SSSR count). The summed E-state index contributed by atoms with van der Waals surface area (Å²) in [6.45, 7) is 0.949. The summed E-state index contributed by atoms with van der Waals surface area (Å²) in [5, 5.41) is 59.8. The number of phenolic OH excluding ortho intramolecular Hbond substituents is 2. The van der Waals surface area contributed by atoms with Crippen molar-refractivity contribution in [3.8, 4) is 17.2 Å². The monoisotopic (exact) mass is 432 g/mol. The Hall–Kier alpha value is -3.02. The van der Waals surface area contributed by atoms with E-state index in [0.717, 1.165) is 12.1 Å². The number of benzene rings is 2. The molecule has 0 amide bonds. The summed E-state index contributed by atoms with van der Waals surface area (Å²) < 4.78 is 10.8. The lowest BCUT2D eigenvalue weighted by molar-refractivity contribution is -0.277. The summed E-state index contributed by atoms with van der Waals surface area (Å²) in [4.78, 5) is 26.2. The minimum atomic E-state index is -1.77. The maximum atomic E-state index is 13.2. The predicted octanol–water partition coefficient (Wildman–Crippen LogP) is -0.640. The summed E-state index contributed by atoms with van der Waals surface area (Å²) in [6.07, 6.45) is -8.02. The summed E-state index contributed by atoms with van der Waals surface area (Å²) in [6, 6.07) is 4.87. The van der Waals surface area contributed by atoms with Crippen molar-refractivity contribution >= 4 is 11.6 Å². The Bertz CT molecular complexity index is 1080. The first-order chi connectivity index (χ1) is 14.6. The van der Waals surface area contributed by atoms with Crippen molar-refractivity contribution < 1.29 is 49.7 Å². The van der Waals surface area contributed by atoms with Gasteiger partial charge in [0.1, 0.15) is 41.7 Å². The molecular formula is C21H20O10. The molecule has 2 aromatic rings. The average Bonchev–Trinajstić information content (AvgIpc) is 2.71. The largest absolute Gasteiger partial charge is 0.508 e. The van der Waals surface area contributed by atoms with Crippen LogP contribution in [0.2, 0.25) is 0 Å². The van der Waals surface area contributed by atoms with Crippen molar-refractivity contribution in [2.24, 2.45) is 0 Å². The van der Waals surface area contributed by atoms with Crippen molar-refractivity contribution in [3.63, 3.8) is 0 Å². The molecule has 1 saturated heterocycles. The van der Waals surface area contributed by atoms with Gasteiger partial charge in [-0.1, -0.05) is 0 Å². The number of fused-ring (bicyclic) bond motifs is 2. The first kappa shape index (κ1) is 21.2. The van der Waals surface area contributed by atoms with Gasteiger partial charge in [0, 0.05) is 17.2 Å². The molecule has 1 heterocycles. The minimum absolute atomic E-state index is 0.0283. The third kappa shape index (κ3) is 3.34. The number of carbonyl (C=O) groups is 2. The number of carbonyl (C=O) groups excluding carboxylic acids is 2. The summed E-state index contributed by atoms with van der Waals surface area (Å²) in [5.41, 5.74) is -0.154. The molecule has 164 valence electrons. The van der Waals surface area contributed by atoms with Crippen molar-refractivity contribution in [1.29, 1.82) is 0 Å². The molecule has 0 bridgehead atoms. The smallest absolute Gasteiger partial charge is 0.229 e. The summed E-state index contributed by atoms with van der Waals surface area (Å²) >= 11 is 0. The van der Waals surface area contributed by atoms with E-state index in [2.05, 4.69) is 0 Å². The molecule has 10 nitrogen and oxygen atoms in total. The first-order valence-electron chi connectivity index (χ1n) is 9.41. The molecule has 1 aliphatic carbocycles. The van der Waals surface area contributed by atoms with Gasteiger partial charge in [0.15, 0.2) is 5.78 Å². The van der Waals surface area contributed by atoms with E-state index in [0.29, 0.717) is 5.56 Å². The third-order valence-electron chi connectivity index (χ3n) is 5.38. The van der Waals surface area contributed by atoms with Crippen LogP contribution in [-0.2, 0) is 4.74 Å². The second-order valence-electron chi connectivity index (χ2n) is 7.55. The topological polar surface area (TPSA) is 174 Å². The standard InChI is InChI=1S/C21H20O10/c1-7-2-9-14(11(24)3-7)18(27)15-10(16(9)25)4-8(23)5-12(15)30-21-20(29)19(28)17(26)13(6-22)31-21/h2-5,13,17,19-24,26,28-29H,6H2,1H3/t13-,17-,19+,20-,21+/m0/s1. The molecular weight excluding hydrogens is 412 g/mol. The van der Waals surface area contributed by atoms with Gasteiger partial charge >= 0.3 is 0 Å². The molecule has 0 unspecified atom stereocenters. The Morgan fingerprint density at radius 1 is 0.903 bits per heavy atom. The molecule has 10 heteroatoms. The minimum Gasteiger partial charge on any atom is -0.508 e. The molecule has 2 aromatic carbocycles. The van der Waals surface area contributed by atoms with Gasteiger partial charge in [-0.3, -0.25) is 9.59 Å². The van der Waals surface area contributed by atoms with Crippen LogP contribution in [0.25, 0.3) is 0 Å². The number of aliphatic hydroxyl groups excluding tert-OH is 4. The number of rotatable bonds is 3. The molecule has 2 aliphatic rings. The lowest BCUT2D eigenvalue weighted by atomic mass is 9.82. The quantitative estimate of drug-likeness (QED) is 0.312. The Labute approximate surface area is 175 Å². The number of aromatic hydroxyl groups is 2. The molecule has 1 aliphatic heterocycles. The average molecular weight is 432 g/mol. The fraction of sp³-hybridized carbons (Fsp3) is 0.333. The number of ether oxygens (including phenoxy) is 2. The predicted molar refractivity (Wildman–Crippen MR) is 102 cm³/mol. The third-order valence-corrected chi connectivity index (χ3v) is 5.38. The molecule has 5 atom stereocenters. The van der Waals surface area contributed by atoms with Crippen LogP contribution in [-0.4, -0.2) is 79.5 Å². The zero-order valence-electron chi connectivity index (χ0n) is 16.2. The Kier molecular flexibility index (Phi) is 5.20. The molecule has 0 saturated carbocycles. The van der Waals surface area contributed by atoms with Crippen molar-refractivity contribution in [2.45, 2.75) is 37.6 Å². The lowest BCUT2D eigenvalue weighted by Gasteiger charge is -2.39.